The third kappa shape index (κ3) is 4.02. The summed E-state index contributed by atoms with van der Waals surface area (Å²) in [4.78, 5) is 12.7. The predicted molar refractivity (Wildman–Crippen MR) is 91.0 cm³/mol. The highest BCUT2D eigenvalue weighted by Crippen LogP contribution is 2.19. The van der Waals surface area contributed by atoms with Gasteiger partial charge in [0.2, 0.25) is 0 Å². The first-order valence-corrected chi connectivity index (χ1v) is 7.57. The molecule has 3 aromatic rings. The summed E-state index contributed by atoms with van der Waals surface area (Å²) >= 11 is 3.42. The van der Waals surface area contributed by atoms with E-state index in [2.05, 4.69) is 41.5 Å². The van der Waals surface area contributed by atoms with Crippen molar-refractivity contribution in [3.05, 3.63) is 71.2 Å². The Morgan fingerprint density at radius 3 is 2.50 bits per heavy atom. The van der Waals surface area contributed by atoms with Crippen molar-refractivity contribution >= 4 is 33.3 Å². The second kappa shape index (κ2) is 7.00. The monoisotopic (exact) mass is 355 g/mol. The summed E-state index contributed by atoms with van der Waals surface area (Å²) in [5.41, 5.74) is 1.93. The number of hydrogen-bond donors (Lipinski definition) is 2. The van der Waals surface area contributed by atoms with E-state index in [0.29, 0.717) is 6.54 Å². The molecule has 0 radical (unpaired) electrons. The Bertz CT molecular complexity index is 731. The summed E-state index contributed by atoms with van der Waals surface area (Å²) in [5.74, 6) is 1.49. The van der Waals surface area contributed by atoms with Crippen molar-refractivity contribution in [2.24, 2.45) is 0 Å². The largest absolute Gasteiger partial charge is 0.364 e. The lowest BCUT2D eigenvalue weighted by molar-refractivity contribution is 1.02. The molecule has 1 aromatic carbocycles. The molecule has 0 unspecified atom stereocenters. The Kier molecular flexibility index (Phi) is 4.60. The quantitative estimate of drug-likeness (QED) is 0.724. The number of nitrogens with zero attached hydrogens (tertiary/aromatic N) is 3. The van der Waals surface area contributed by atoms with E-state index in [4.69, 9.17) is 0 Å². The smallest absolute Gasteiger partial charge is 0.135 e. The molecule has 0 aliphatic carbocycles. The standard InChI is InChI=1S/C16H14BrN5/c17-12-4-6-13(7-5-12)22-16-9-15(20-11-21-16)19-10-14-3-1-2-8-18-14/h1-9,11H,10H2,(H2,19,20,21,22). The van der Waals surface area contributed by atoms with Crippen molar-refractivity contribution < 1.29 is 0 Å². The van der Waals surface area contributed by atoms with Crippen LogP contribution in [0, 0.1) is 0 Å². The Morgan fingerprint density at radius 2 is 1.73 bits per heavy atom. The van der Waals surface area contributed by atoms with Gasteiger partial charge in [-0.25, -0.2) is 9.97 Å². The molecule has 22 heavy (non-hydrogen) atoms. The first-order valence-electron chi connectivity index (χ1n) is 6.78. The fraction of sp³-hybridized carbons (Fsp3) is 0.0625. The van der Waals surface area contributed by atoms with Gasteiger partial charge in [-0.05, 0) is 36.4 Å². The minimum absolute atomic E-state index is 0.621. The van der Waals surface area contributed by atoms with Crippen LogP contribution in [0.5, 0.6) is 0 Å². The number of nitrogens with one attached hydrogen (secondary N) is 2. The van der Waals surface area contributed by atoms with Crippen molar-refractivity contribution in [2.75, 3.05) is 10.6 Å². The van der Waals surface area contributed by atoms with E-state index in [1.807, 2.05) is 48.5 Å². The highest BCUT2D eigenvalue weighted by molar-refractivity contribution is 9.10. The van der Waals surface area contributed by atoms with Crippen LogP contribution in [0.1, 0.15) is 5.69 Å². The lowest BCUT2D eigenvalue weighted by atomic mass is 10.3. The summed E-state index contributed by atoms with van der Waals surface area (Å²) in [7, 11) is 0. The van der Waals surface area contributed by atoms with Gasteiger partial charge < -0.3 is 10.6 Å². The fourth-order valence-corrected chi connectivity index (χ4v) is 2.15. The van der Waals surface area contributed by atoms with Gasteiger partial charge in [-0.3, -0.25) is 4.98 Å². The molecule has 0 aliphatic rings. The van der Waals surface area contributed by atoms with Gasteiger partial charge >= 0.3 is 0 Å². The molecule has 0 spiro atoms. The first-order chi connectivity index (χ1) is 10.8. The molecule has 0 bridgehead atoms. The number of halogens is 1. The molecule has 3 rings (SSSR count). The van der Waals surface area contributed by atoms with Crippen LogP contribution in [0.2, 0.25) is 0 Å². The van der Waals surface area contributed by atoms with Crippen molar-refractivity contribution in [1.82, 2.24) is 15.0 Å². The second-order valence-corrected chi connectivity index (χ2v) is 5.51. The Hall–Kier alpha value is -2.47. The van der Waals surface area contributed by atoms with Gasteiger partial charge in [0.05, 0.1) is 12.2 Å². The van der Waals surface area contributed by atoms with Gasteiger partial charge in [-0.1, -0.05) is 22.0 Å². The lowest BCUT2D eigenvalue weighted by Gasteiger charge is -2.08. The van der Waals surface area contributed by atoms with Crippen LogP contribution in [-0.2, 0) is 6.54 Å². The maximum atomic E-state index is 4.27. The van der Waals surface area contributed by atoms with Gasteiger partial charge in [0, 0.05) is 22.4 Å². The van der Waals surface area contributed by atoms with Gasteiger partial charge in [-0.15, -0.1) is 0 Å². The topological polar surface area (TPSA) is 62.7 Å². The summed E-state index contributed by atoms with van der Waals surface area (Å²) < 4.78 is 1.04. The molecule has 2 N–H and O–H groups in total. The van der Waals surface area contributed by atoms with Crippen LogP contribution >= 0.6 is 15.9 Å². The molecule has 6 heteroatoms. The molecule has 0 saturated heterocycles. The van der Waals surface area contributed by atoms with Crippen LogP contribution < -0.4 is 10.6 Å². The van der Waals surface area contributed by atoms with Gasteiger partial charge in [0.1, 0.15) is 18.0 Å². The van der Waals surface area contributed by atoms with E-state index in [1.165, 1.54) is 6.33 Å². The number of anilines is 3. The van der Waals surface area contributed by atoms with Crippen molar-refractivity contribution in [1.29, 1.82) is 0 Å². The Balaban J connectivity index is 1.66. The molecule has 110 valence electrons. The van der Waals surface area contributed by atoms with E-state index in [0.717, 1.165) is 27.5 Å². The molecular formula is C16H14BrN5. The van der Waals surface area contributed by atoms with Gasteiger partial charge in [0.15, 0.2) is 0 Å². The van der Waals surface area contributed by atoms with E-state index < -0.39 is 0 Å². The van der Waals surface area contributed by atoms with Crippen LogP contribution in [0.4, 0.5) is 17.3 Å². The highest BCUT2D eigenvalue weighted by Gasteiger charge is 2.00. The number of pyridine rings is 1. The number of benzene rings is 1. The zero-order valence-electron chi connectivity index (χ0n) is 11.7. The van der Waals surface area contributed by atoms with Crippen LogP contribution in [0.3, 0.4) is 0 Å². The molecule has 2 heterocycles. The molecule has 0 atom stereocenters. The van der Waals surface area contributed by atoms with Crippen LogP contribution in [0.25, 0.3) is 0 Å². The van der Waals surface area contributed by atoms with Gasteiger partial charge in [-0.2, -0.15) is 0 Å². The van der Waals surface area contributed by atoms with Crippen LogP contribution in [-0.4, -0.2) is 15.0 Å². The number of rotatable bonds is 5. The maximum Gasteiger partial charge on any atom is 0.135 e. The van der Waals surface area contributed by atoms with Crippen molar-refractivity contribution in [3.63, 3.8) is 0 Å². The third-order valence-electron chi connectivity index (χ3n) is 2.96. The lowest BCUT2D eigenvalue weighted by Crippen LogP contribution is -2.04. The van der Waals surface area contributed by atoms with Crippen molar-refractivity contribution in [3.8, 4) is 0 Å². The summed E-state index contributed by atoms with van der Waals surface area (Å²) in [6, 6.07) is 15.6. The minimum atomic E-state index is 0.621. The Labute approximate surface area is 137 Å². The van der Waals surface area contributed by atoms with Crippen LogP contribution in [0.15, 0.2) is 65.5 Å². The Morgan fingerprint density at radius 1 is 0.909 bits per heavy atom. The fourth-order valence-electron chi connectivity index (χ4n) is 1.89. The summed E-state index contributed by atoms with van der Waals surface area (Å²) in [6.07, 6.45) is 3.31. The van der Waals surface area contributed by atoms with E-state index in [1.54, 1.807) is 6.20 Å². The third-order valence-corrected chi connectivity index (χ3v) is 3.49. The molecule has 0 amide bonds. The zero-order valence-corrected chi connectivity index (χ0v) is 13.3. The molecule has 0 saturated carbocycles. The van der Waals surface area contributed by atoms with E-state index in [-0.39, 0.29) is 0 Å². The van der Waals surface area contributed by atoms with E-state index >= 15 is 0 Å². The number of aromatic nitrogens is 3. The minimum Gasteiger partial charge on any atom is -0.364 e. The molecule has 5 nitrogen and oxygen atoms in total. The second-order valence-electron chi connectivity index (χ2n) is 4.60. The summed E-state index contributed by atoms with van der Waals surface area (Å²) in [6.45, 7) is 0.621. The maximum absolute atomic E-state index is 4.27. The van der Waals surface area contributed by atoms with E-state index in [9.17, 15) is 0 Å². The van der Waals surface area contributed by atoms with Crippen molar-refractivity contribution in [2.45, 2.75) is 6.54 Å². The molecule has 0 aliphatic heterocycles. The zero-order chi connectivity index (χ0) is 15.2. The normalized spacial score (nSPS) is 10.2. The average molecular weight is 356 g/mol. The highest BCUT2D eigenvalue weighted by atomic mass is 79.9. The predicted octanol–water partition coefficient (Wildman–Crippen LogP) is 3.99. The molecule has 0 fully saturated rings. The molecule has 2 aromatic heterocycles. The molecular weight excluding hydrogens is 342 g/mol. The number of hydrogen-bond acceptors (Lipinski definition) is 5. The average Bonchev–Trinajstić information content (AvgIpc) is 2.57. The SMILES string of the molecule is Brc1ccc(Nc2cc(NCc3ccccn3)ncn2)cc1. The first kappa shape index (κ1) is 14.5. The van der Waals surface area contributed by atoms with Gasteiger partial charge in [0.25, 0.3) is 0 Å². The summed E-state index contributed by atoms with van der Waals surface area (Å²) in [5, 5.41) is 6.48.